The lowest BCUT2D eigenvalue weighted by Crippen LogP contribution is -2.39. The highest BCUT2D eigenvalue weighted by atomic mass is 32.1. The normalized spacial score (nSPS) is 15.5. The number of carbonyl (C=O) groups excluding carboxylic acids is 2. The van der Waals surface area contributed by atoms with Gasteiger partial charge in [0.1, 0.15) is 16.5 Å². The van der Waals surface area contributed by atoms with Crippen molar-refractivity contribution in [2.24, 2.45) is 0 Å². The minimum atomic E-state index is -1.05. The number of fused-ring (bicyclic) bond motifs is 1. The Hall–Kier alpha value is -4.49. The minimum absolute atomic E-state index is 0.100. The first-order valence-electron chi connectivity index (χ1n) is 13.3. The van der Waals surface area contributed by atoms with E-state index in [2.05, 4.69) is 15.5 Å². The Kier molecular flexibility index (Phi) is 7.29. The zero-order valence-electron chi connectivity index (χ0n) is 22.7. The number of benzene rings is 2. The summed E-state index contributed by atoms with van der Waals surface area (Å²) in [5.74, 6) is -1.55. The highest BCUT2D eigenvalue weighted by Crippen LogP contribution is 2.40. The highest BCUT2D eigenvalue weighted by Gasteiger charge is 2.35. The topological polar surface area (TPSA) is 126 Å². The summed E-state index contributed by atoms with van der Waals surface area (Å²) in [6.45, 7) is 3.59. The molecule has 10 nitrogen and oxygen atoms in total. The molecule has 42 heavy (non-hydrogen) atoms. The molecule has 0 aliphatic carbocycles. The third-order valence-corrected chi connectivity index (χ3v) is 8.22. The van der Waals surface area contributed by atoms with Crippen LogP contribution in [0.1, 0.15) is 52.3 Å². The van der Waals surface area contributed by atoms with Crippen LogP contribution in [0.2, 0.25) is 0 Å². The number of rotatable bonds is 7. The predicted octanol–water partition coefficient (Wildman–Crippen LogP) is 5.01. The molecule has 1 aliphatic heterocycles. The molecule has 1 fully saturated rings. The van der Waals surface area contributed by atoms with E-state index in [0.29, 0.717) is 45.5 Å². The lowest BCUT2D eigenvalue weighted by atomic mass is 9.99. The lowest BCUT2D eigenvalue weighted by Gasteiger charge is -2.35. The van der Waals surface area contributed by atoms with Gasteiger partial charge in [-0.2, -0.15) is 0 Å². The third kappa shape index (κ3) is 4.84. The number of aliphatic hydroxyl groups is 1. The van der Waals surface area contributed by atoms with Crippen LogP contribution < -0.4 is 10.2 Å². The van der Waals surface area contributed by atoms with Crippen molar-refractivity contribution < 1.29 is 28.0 Å². The van der Waals surface area contributed by atoms with Gasteiger partial charge in [-0.3, -0.25) is 14.2 Å². The molecular weight excluding hydrogens is 566 g/mol. The van der Waals surface area contributed by atoms with E-state index >= 15 is 0 Å². The molecule has 1 aliphatic rings. The summed E-state index contributed by atoms with van der Waals surface area (Å²) in [7, 11) is 0. The number of nitrogens with one attached hydrogen (secondary N) is 1. The van der Waals surface area contributed by atoms with Crippen molar-refractivity contribution in [3.8, 4) is 16.3 Å². The molecule has 2 N–H and O–H groups in total. The zero-order chi connectivity index (χ0) is 29.5. The molecule has 0 radical (unpaired) electrons. The molecule has 0 bridgehead atoms. The maximum absolute atomic E-state index is 14.3. The van der Waals surface area contributed by atoms with Gasteiger partial charge in [-0.1, -0.05) is 22.6 Å². The Labute approximate surface area is 242 Å². The van der Waals surface area contributed by atoms with Crippen molar-refractivity contribution in [1.29, 1.82) is 0 Å². The maximum atomic E-state index is 14.3. The van der Waals surface area contributed by atoms with Gasteiger partial charge in [-0.25, -0.2) is 18.7 Å². The molecule has 5 aromatic rings. The fourth-order valence-electron chi connectivity index (χ4n) is 5.38. The van der Waals surface area contributed by atoms with Crippen molar-refractivity contribution in [2.45, 2.75) is 39.2 Å². The first-order chi connectivity index (χ1) is 20.3. The van der Waals surface area contributed by atoms with E-state index in [1.807, 2.05) is 32.0 Å². The molecule has 1 saturated heterocycles. The van der Waals surface area contributed by atoms with E-state index in [1.54, 1.807) is 4.57 Å². The number of halogens is 2. The summed E-state index contributed by atoms with van der Waals surface area (Å²) < 4.78 is 35.3. The van der Waals surface area contributed by atoms with E-state index in [0.717, 1.165) is 40.3 Å². The molecule has 4 heterocycles. The van der Waals surface area contributed by atoms with Crippen molar-refractivity contribution in [3.63, 3.8) is 0 Å². The summed E-state index contributed by atoms with van der Waals surface area (Å²) in [6.07, 6.45) is 2.78. The Morgan fingerprint density at radius 2 is 2.02 bits per heavy atom. The number of imidazole rings is 1. The van der Waals surface area contributed by atoms with Gasteiger partial charge in [0.2, 0.25) is 5.91 Å². The maximum Gasteiger partial charge on any atom is 0.263 e. The van der Waals surface area contributed by atoms with Crippen molar-refractivity contribution in [1.82, 2.24) is 25.0 Å². The number of thiazole rings is 1. The van der Waals surface area contributed by atoms with Crippen LogP contribution in [0.5, 0.6) is 0 Å². The Morgan fingerprint density at radius 1 is 1.19 bits per heavy atom. The van der Waals surface area contributed by atoms with Gasteiger partial charge in [0, 0.05) is 30.3 Å². The first kappa shape index (κ1) is 27.7. The van der Waals surface area contributed by atoms with Crippen LogP contribution in [-0.4, -0.2) is 49.8 Å². The second kappa shape index (κ2) is 11.1. The van der Waals surface area contributed by atoms with Crippen LogP contribution in [0.3, 0.4) is 0 Å². The summed E-state index contributed by atoms with van der Waals surface area (Å²) in [4.78, 5) is 37.2. The summed E-state index contributed by atoms with van der Waals surface area (Å²) in [6, 6.07) is 8.47. The van der Waals surface area contributed by atoms with E-state index < -0.39 is 17.7 Å². The highest BCUT2D eigenvalue weighted by molar-refractivity contribution is 7.16. The third-order valence-electron chi connectivity index (χ3n) is 7.24. The van der Waals surface area contributed by atoms with Gasteiger partial charge in [0.05, 0.1) is 35.6 Å². The molecule has 0 saturated carbocycles. The number of amides is 2. The molecular formula is C29H26F2N6O4S. The SMILES string of the molecule is Cc1noc(C)c1-c1ccc2c(c1)nc([C@@H]1CCCC(=O)N1c1ccc(F)c(F)c1)n2-c1ncc(C(=O)NCCO)s1. The van der Waals surface area contributed by atoms with Gasteiger partial charge >= 0.3 is 0 Å². The zero-order valence-corrected chi connectivity index (χ0v) is 23.5. The molecule has 0 spiro atoms. The second-order valence-corrected chi connectivity index (χ2v) is 11.0. The number of anilines is 1. The smallest absolute Gasteiger partial charge is 0.263 e. The lowest BCUT2D eigenvalue weighted by molar-refractivity contribution is -0.120. The predicted molar refractivity (Wildman–Crippen MR) is 152 cm³/mol. The van der Waals surface area contributed by atoms with Crippen LogP contribution in [0.15, 0.2) is 47.1 Å². The monoisotopic (exact) mass is 592 g/mol. The van der Waals surface area contributed by atoms with Crippen molar-refractivity contribution >= 4 is 39.9 Å². The largest absolute Gasteiger partial charge is 0.395 e. The standard InChI is InChI=1S/C29H26F2N6O4S/c1-15-26(16(2)41-35-15)17-6-9-22-21(12-17)34-27(37(22)29-33-14-24(42-29)28(40)32-10-11-38)23-4-3-5-25(39)36(23)18-7-8-19(30)20(31)13-18/h6-9,12-14,23,38H,3-5,10-11H2,1-2H3,(H,32,40)/t23-/m0/s1. The summed E-state index contributed by atoms with van der Waals surface area (Å²) in [5, 5.41) is 16.2. The molecule has 6 rings (SSSR count). The average molecular weight is 593 g/mol. The number of hydrogen-bond acceptors (Lipinski definition) is 8. The number of nitrogens with zero attached hydrogens (tertiary/aromatic N) is 5. The molecule has 3 aromatic heterocycles. The van der Waals surface area contributed by atoms with Gasteiger partial charge in [-0.15, -0.1) is 0 Å². The Morgan fingerprint density at radius 3 is 2.76 bits per heavy atom. The van der Waals surface area contributed by atoms with Crippen molar-refractivity contribution in [3.05, 3.63) is 76.4 Å². The van der Waals surface area contributed by atoms with E-state index in [-0.39, 0.29) is 37.1 Å². The van der Waals surface area contributed by atoms with Crippen LogP contribution in [0, 0.1) is 25.5 Å². The summed E-state index contributed by atoms with van der Waals surface area (Å²) in [5.41, 5.74) is 3.93. The van der Waals surface area contributed by atoms with Crippen LogP contribution in [0.4, 0.5) is 14.5 Å². The number of piperidine rings is 1. The molecule has 0 unspecified atom stereocenters. The fourth-order valence-corrected chi connectivity index (χ4v) is 6.23. The van der Waals surface area contributed by atoms with Crippen molar-refractivity contribution in [2.75, 3.05) is 18.1 Å². The Bertz CT molecular complexity index is 1810. The van der Waals surface area contributed by atoms with E-state index in [1.165, 1.54) is 17.2 Å². The van der Waals surface area contributed by atoms with Gasteiger partial charge < -0.3 is 19.8 Å². The van der Waals surface area contributed by atoms with Gasteiger partial charge in [0.15, 0.2) is 16.8 Å². The Balaban J connectivity index is 1.53. The molecule has 216 valence electrons. The van der Waals surface area contributed by atoms with E-state index in [4.69, 9.17) is 14.6 Å². The van der Waals surface area contributed by atoms with Gasteiger partial charge in [-0.05, 0) is 56.5 Å². The fraction of sp³-hybridized carbons (Fsp3) is 0.276. The van der Waals surface area contributed by atoms with Gasteiger partial charge in [0.25, 0.3) is 5.91 Å². The first-order valence-corrected chi connectivity index (χ1v) is 14.2. The summed E-state index contributed by atoms with van der Waals surface area (Å²) >= 11 is 1.13. The van der Waals surface area contributed by atoms with Crippen LogP contribution in [0.25, 0.3) is 27.3 Å². The molecule has 2 amide bonds. The molecule has 1 atom stereocenters. The number of aromatic nitrogens is 4. The minimum Gasteiger partial charge on any atom is -0.395 e. The number of aryl methyl sites for hydroxylation is 2. The molecule has 13 heteroatoms. The van der Waals surface area contributed by atoms with Crippen LogP contribution >= 0.6 is 11.3 Å². The number of carbonyl (C=O) groups is 2. The number of hydrogen-bond donors (Lipinski definition) is 2. The number of aliphatic hydroxyl groups excluding tert-OH is 1. The average Bonchev–Trinajstić information content (AvgIpc) is 3.69. The molecule has 2 aromatic carbocycles. The van der Waals surface area contributed by atoms with Crippen LogP contribution in [-0.2, 0) is 4.79 Å². The second-order valence-electron chi connectivity index (χ2n) is 9.96. The van der Waals surface area contributed by atoms with E-state index in [9.17, 15) is 18.4 Å². The quantitative estimate of drug-likeness (QED) is 0.272.